The summed E-state index contributed by atoms with van der Waals surface area (Å²) in [6, 6.07) is 1.75. The number of H-pyrrole nitrogens is 2. The lowest BCUT2D eigenvalue weighted by molar-refractivity contribution is 1.28. The van der Waals surface area contributed by atoms with Crippen LogP contribution in [0.25, 0.3) is 11.0 Å². The standard InChI is InChI=1S/C7H4Br2N2O/c8-3-1-5-6(11-7(3)12)4(9)2-10-5/h1-2,10H,(H,11,12). The SMILES string of the molecule is O=c1[nH]c2c(Br)c[nH]c2cc1Br. The van der Waals surface area contributed by atoms with E-state index in [1.165, 1.54) is 0 Å². The minimum atomic E-state index is -0.122. The molecule has 0 saturated carbocycles. The van der Waals surface area contributed by atoms with Crippen LogP contribution in [0.1, 0.15) is 0 Å². The molecule has 12 heavy (non-hydrogen) atoms. The third-order valence-electron chi connectivity index (χ3n) is 1.59. The molecule has 0 aliphatic rings. The first-order valence-corrected chi connectivity index (χ1v) is 4.82. The van der Waals surface area contributed by atoms with Crippen LogP contribution in [-0.2, 0) is 0 Å². The predicted octanol–water partition coefficient (Wildman–Crippen LogP) is 2.38. The van der Waals surface area contributed by atoms with Crippen molar-refractivity contribution >= 4 is 42.9 Å². The number of nitrogens with one attached hydrogen (secondary N) is 2. The van der Waals surface area contributed by atoms with Gasteiger partial charge in [-0.1, -0.05) is 0 Å². The van der Waals surface area contributed by atoms with E-state index < -0.39 is 0 Å². The zero-order valence-corrected chi connectivity index (χ0v) is 8.99. The van der Waals surface area contributed by atoms with E-state index in [1.54, 1.807) is 12.3 Å². The molecule has 0 aliphatic heterocycles. The van der Waals surface area contributed by atoms with Gasteiger partial charge in [-0.2, -0.15) is 0 Å². The summed E-state index contributed by atoms with van der Waals surface area (Å²) in [5.74, 6) is 0. The van der Waals surface area contributed by atoms with Crippen molar-refractivity contribution in [2.24, 2.45) is 0 Å². The summed E-state index contributed by atoms with van der Waals surface area (Å²) >= 11 is 6.46. The van der Waals surface area contributed by atoms with Gasteiger partial charge in [0.05, 0.1) is 20.0 Å². The molecule has 0 unspecified atom stereocenters. The van der Waals surface area contributed by atoms with Crippen LogP contribution in [0.4, 0.5) is 0 Å². The molecule has 2 aromatic heterocycles. The number of hydrogen-bond donors (Lipinski definition) is 2. The predicted molar refractivity (Wildman–Crippen MR) is 54.3 cm³/mol. The highest BCUT2D eigenvalue weighted by atomic mass is 79.9. The summed E-state index contributed by atoms with van der Waals surface area (Å²) in [4.78, 5) is 16.9. The van der Waals surface area contributed by atoms with Crippen LogP contribution in [0.2, 0.25) is 0 Å². The Balaban J connectivity index is 2.97. The van der Waals surface area contributed by atoms with Crippen LogP contribution >= 0.6 is 31.9 Å². The maximum atomic E-state index is 11.1. The second-order valence-corrected chi connectivity index (χ2v) is 4.08. The van der Waals surface area contributed by atoms with Crippen molar-refractivity contribution in [2.75, 3.05) is 0 Å². The first kappa shape index (κ1) is 8.07. The molecule has 0 aromatic carbocycles. The first-order valence-electron chi connectivity index (χ1n) is 3.24. The van der Waals surface area contributed by atoms with E-state index >= 15 is 0 Å². The Kier molecular flexibility index (Phi) is 1.84. The fraction of sp³-hybridized carbons (Fsp3) is 0. The number of aromatic amines is 2. The molecule has 2 aromatic rings. The van der Waals surface area contributed by atoms with Crippen molar-refractivity contribution in [1.29, 1.82) is 0 Å². The second kappa shape index (κ2) is 2.74. The molecule has 2 heterocycles. The minimum Gasteiger partial charge on any atom is -0.359 e. The largest absolute Gasteiger partial charge is 0.359 e. The summed E-state index contributed by atoms with van der Waals surface area (Å²) in [6.07, 6.45) is 1.78. The number of halogens is 2. The van der Waals surface area contributed by atoms with E-state index in [1.807, 2.05) is 0 Å². The van der Waals surface area contributed by atoms with Crippen LogP contribution in [-0.4, -0.2) is 9.97 Å². The summed E-state index contributed by atoms with van der Waals surface area (Å²) in [5, 5.41) is 0. The van der Waals surface area contributed by atoms with Gasteiger partial charge in [0, 0.05) is 6.20 Å². The van der Waals surface area contributed by atoms with Gasteiger partial charge in [0.15, 0.2) is 0 Å². The van der Waals surface area contributed by atoms with Gasteiger partial charge in [-0.3, -0.25) is 4.79 Å². The molecule has 0 radical (unpaired) electrons. The van der Waals surface area contributed by atoms with Crippen molar-refractivity contribution in [3.63, 3.8) is 0 Å². The molecule has 3 nitrogen and oxygen atoms in total. The molecule has 0 fully saturated rings. The van der Waals surface area contributed by atoms with Crippen LogP contribution in [0, 0.1) is 0 Å². The first-order chi connectivity index (χ1) is 5.68. The van der Waals surface area contributed by atoms with Crippen LogP contribution in [0.3, 0.4) is 0 Å². The highest BCUT2D eigenvalue weighted by Gasteiger charge is 2.03. The third kappa shape index (κ3) is 1.13. The normalized spacial score (nSPS) is 10.8. The highest BCUT2D eigenvalue weighted by molar-refractivity contribution is 9.11. The van der Waals surface area contributed by atoms with Crippen molar-refractivity contribution in [1.82, 2.24) is 9.97 Å². The molecule has 62 valence electrons. The van der Waals surface area contributed by atoms with E-state index in [0.29, 0.717) is 4.47 Å². The number of hydrogen-bond acceptors (Lipinski definition) is 1. The lowest BCUT2D eigenvalue weighted by Gasteiger charge is -1.91. The zero-order chi connectivity index (χ0) is 8.72. The second-order valence-electron chi connectivity index (χ2n) is 2.37. The Morgan fingerprint density at radius 2 is 2.00 bits per heavy atom. The van der Waals surface area contributed by atoms with Gasteiger partial charge >= 0.3 is 0 Å². The number of rotatable bonds is 0. The topological polar surface area (TPSA) is 48.6 Å². The molecule has 0 bridgehead atoms. The quantitative estimate of drug-likeness (QED) is 0.769. The molecular formula is C7H4Br2N2O. The molecule has 0 amide bonds. The number of pyridine rings is 1. The van der Waals surface area contributed by atoms with E-state index in [4.69, 9.17) is 0 Å². The van der Waals surface area contributed by atoms with Gasteiger partial charge in [0.2, 0.25) is 0 Å². The van der Waals surface area contributed by atoms with Gasteiger partial charge in [-0.25, -0.2) is 0 Å². The molecule has 0 atom stereocenters. The Morgan fingerprint density at radius 1 is 1.25 bits per heavy atom. The Morgan fingerprint density at radius 3 is 2.75 bits per heavy atom. The van der Waals surface area contributed by atoms with E-state index in [2.05, 4.69) is 41.8 Å². The van der Waals surface area contributed by atoms with E-state index in [0.717, 1.165) is 15.5 Å². The monoisotopic (exact) mass is 290 g/mol. The van der Waals surface area contributed by atoms with Crippen LogP contribution < -0.4 is 5.56 Å². The summed E-state index contributed by atoms with van der Waals surface area (Å²) in [5.41, 5.74) is 1.57. The number of fused-ring (bicyclic) bond motifs is 1. The molecular weight excluding hydrogens is 288 g/mol. The number of aromatic nitrogens is 2. The maximum Gasteiger partial charge on any atom is 0.262 e. The molecule has 5 heteroatoms. The maximum absolute atomic E-state index is 11.1. The van der Waals surface area contributed by atoms with Gasteiger partial charge in [-0.05, 0) is 37.9 Å². The average Bonchev–Trinajstić information content (AvgIpc) is 2.35. The highest BCUT2D eigenvalue weighted by Crippen LogP contribution is 2.21. The smallest absolute Gasteiger partial charge is 0.262 e. The van der Waals surface area contributed by atoms with E-state index in [-0.39, 0.29) is 5.56 Å². The Bertz CT molecular complexity index is 486. The van der Waals surface area contributed by atoms with Gasteiger partial charge in [0.1, 0.15) is 0 Å². The van der Waals surface area contributed by atoms with Crippen molar-refractivity contribution in [3.05, 3.63) is 31.6 Å². The van der Waals surface area contributed by atoms with Gasteiger partial charge in [-0.15, -0.1) is 0 Å². The zero-order valence-electron chi connectivity index (χ0n) is 5.82. The molecule has 2 N–H and O–H groups in total. The summed E-state index contributed by atoms with van der Waals surface area (Å²) in [7, 11) is 0. The fourth-order valence-corrected chi connectivity index (χ4v) is 1.78. The van der Waals surface area contributed by atoms with E-state index in [9.17, 15) is 4.79 Å². The average molecular weight is 292 g/mol. The van der Waals surface area contributed by atoms with Crippen molar-refractivity contribution in [3.8, 4) is 0 Å². The molecule has 0 saturated heterocycles. The summed E-state index contributed by atoms with van der Waals surface area (Å²) < 4.78 is 1.39. The minimum absolute atomic E-state index is 0.122. The lowest BCUT2D eigenvalue weighted by Crippen LogP contribution is -2.05. The summed E-state index contributed by atoms with van der Waals surface area (Å²) in [6.45, 7) is 0. The molecule has 2 rings (SSSR count). The molecule has 0 aliphatic carbocycles. The Labute approximate surface area is 84.4 Å². The lowest BCUT2D eigenvalue weighted by atomic mass is 10.4. The van der Waals surface area contributed by atoms with Crippen molar-refractivity contribution in [2.45, 2.75) is 0 Å². The van der Waals surface area contributed by atoms with Gasteiger partial charge in [0.25, 0.3) is 5.56 Å². The van der Waals surface area contributed by atoms with Crippen molar-refractivity contribution < 1.29 is 0 Å². The third-order valence-corrected chi connectivity index (χ3v) is 2.80. The van der Waals surface area contributed by atoms with Gasteiger partial charge < -0.3 is 9.97 Å². The van der Waals surface area contributed by atoms with Crippen LogP contribution in [0.15, 0.2) is 26.0 Å². The van der Waals surface area contributed by atoms with Crippen LogP contribution in [0.5, 0.6) is 0 Å². The molecule has 0 spiro atoms. The Hall–Kier alpha value is -0.550. The fourth-order valence-electron chi connectivity index (χ4n) is 1.02.